The third kappa shape index (κ3) is 5.59. The van der Waals surface area contributed by atoms with E-state index in [-0.39, 0.29) is 10.8 Å². The Morgan fingerprint density at radius 2 is 1.90 bits per heavy atom. The number of sulfonamides is 1. The number of anilines is 1. The predicted octanol–water partition coefficient (Wildman–Crippen LogP) is 2.82. The van der Waals surface area contributed by atoms with Gasteiger partial charge in [-0.05, 0) is 49.9 Å². The molecule has 2 aromatic rings. The molecule has 2 aromatic carbocycles. The minimum atomic E-state index is -3.62. The number of hydrogen-bond donors (Lipinski definition) is 1. The van der Waals surface area contributed by atoms with Crippen molar-refractivity contribution in [2.75, 3.05) is 38.7 Å². The Bertz CT molecular complexity index is 993. The van der Waals surface area contributed by atoms with E-state index in [4.69, 9.17) is 16.3 Å². The van der Waals surface area contributed by atoms with Gasteiger partial charge in [0.15, 0.2) is 0 Å². The van der Waals surface area contributed by atoms with Gasteiger partial charge in [0.05, 0.1) is 24.2 Å². The molecule has 1 atom stereocenters. The first-order chi connectivity index (χ1) is 14.3. The zero-order valence-corrected chi connectivity index (χ0v) is 18.6. The van der Waals surface area contributed by atoms with Crippen molar-refractivity contribution < 1.29 is 17.9 Å². The highest BCUT2D eigenvalue weighted by molar-refractivity contribution is 7.89. The van der Waals surface area contributed by atoms with Crippen molar-refractivity contribution in [1.29, 1.82) is 0 Å². The second-order valence-electron chi connectivity index (χ2n) is 7.25. The summed E-state index contributed by atoms with van der Waals surface area (Å²) in [4.78, 5) is 14.8. The number of halogens is 1. The Morgan fingerprint density at radius 1 is 1.20 bits per heavy atom. The smallest absolute Gasteiger partial charge is 0.243 e. The minimum Gasteiger partial charge on any atom is -0.379 e. The lowest BCUT2D eigenvalue weighted by Gasteiger charge is -2.26. The van der Waals surface area contributed by atoms with Gasteiger partial charge >= 0.3 is 0 Å². The second-order valence-corrected chi connectivity index (χ2v) is 9.63. The number of nitrogens with zero attached hydrogens (tertiary/aromatic N) is 2. The molecule has 9 heteroatoms. The molecule has 1 saturated heterocycles. The van der Waals surface area contributed by atoms with E-state index in [1.54, 1.807) is 25.1 Å². The molecule has 1 fully saturated rings. The molecular formula is C21H26ClN3O4S. The Balaban J connectivity index is 1.66. The summed E-state index contributed by atoms with van der Waals surface area (Å²) in [6, 6.07) is 13.4. The summed E-state index contributed by atoms with van der Waals surface area (Å²) in [5.74, 6) is -0.222. The highest BCUT2D eigenvalue weighted by atomic mass is 35.5. The first kappa shape index (κ1) is 22.7. The van der Waals surface area contributed by atoms with Crippen LogP contribution in [0.15, 0.2) is 53.4 Å². The summed E-state index contributed by atoms with van der Waals surface area (Å²) in [6.07, 6.45) is 0. The van der Waals surface area contributed by atoms with Crippen LogP contribution in [0.4, 0.5) is 5.69 Å². The average Bonchev–Trinajstić information content (AvgIpc) is 2.74. The van der Waals surface area contributed by atoms with Crippen molar-refractivity contribution in [3.8, 4) is 0 Å². The van der Waals surface area contributed by atoms with Gasteiger partial charge in [-0.25, -0.2) is 8.42 Å². The van der Waals surface area contributed by atoms with Crippen LogP contribution in [0.1, 0.15) is 12.5 Å². The molecule has 0 aromatic heterocycles. The summed E-state index contributed by atoms with van der Waals surface area (Å²) in [5.41, 5.74) is 1.44. The van der Waals surface area contributed by atoms with Gasteiger partial charge in [-0.3, -0.25) is 9.69 Å². The summed E-state index contributed by atoms with van der Waals surface area (Å²) in [5, 5.41) is 3.47. The van der Waals surface area contributed by atoms with Crippen molar-refractivity contribution in [2.45, 2.75) is 24.4 Å². The normalized spacial score (nSPS) is 16.4. The largest absolute Gasteiger partial charge is 0.379 e. The van der Waals surface area contributed by atoms with E-state index < -0.39 is 16.1 Å². The second kappa shape index (κ2) is 9.89. The fourth-order valence-electron chi connectivity index (χ4n) is 3.18. The van der Waals surface area contributed by atoms with Crippen LogP contribution in [0.5, 0.6) is 0 Å². The number of carbonyl (C=O) groups excluding carboxylic acids is 1. The lowest BCUT2D eigenvalue weighted by molar-refractivity contribution is -0.120. The van der Waals surface area contributed by atoms with Crippen LogP contribution in [-0.2, 0) is 26.1 Å². The van der Waals surface area contributed by atoms with Crippen molar-refractivity contribution >= 4 is 33.2 Å². The maximum absolute atomic E-state index is 12.8. The summed E-state index contributed by atoms with van der Waals surface area (Å²) >= 11 is 6.03. The van der Waals surface area contributed by atoms with Gasteiger partial charge in [0.2, 0.25) is 15.9 Å². The molecule has 0 unspecified atom stereocenters. The van der Waals surface area contributed by atoms with Gasteiger partial charge in [0.1, 0.15) is 0 Å². The lowest BCUT2D eigenvalue weighted by Crippen LogP contribution is -2.40. The molecule has 162 valence electrons. The standard InChI is InChI=1S/C21H26ClN3O4S/c1-16(24(2)15-17-5-3-6-18(22)13-17)21(26)23-19-7-4-8-20(14-19)30(27,28)25-9-11-29-12-10-25/h3-8,13-14,16H,9-12,15H2,1-2H3,(H,23,26)/t16-/m0/s1. The molecule has 3 rings (SSSR count). The SMILES string of the molecule is C[C@@H](C(=O)Nc1cccc(S(=O)(=O)N2CCOCC2)c1)N(C)Cc1cccc(Cl)c1. The monoisotopic (exact) mass is 451 g/mol. The summed E-state index contributed by atoms with van der Waals surface area (Å²) < 4.78 is 32.3. The Hall–Kier alpha value is -1.97. The number of carbonyl (C=O) groups is 1. The zero-order chi connectivity index (χ0) is 21.7. The Labute approximate surface area is 182 Å². The fourth-order valence-corrected chi connectivity index (χ4v) is 4.84. The number of morpholine rings is 1. The van der Waals surface area contributed by atoms with Crippen molar-refractivity contribution in [3.63, 3.8) is 0 Å². The number of ether oxygens (including phenoxy) is 1. The van der Waals surface area contributed by atoms with Crippen LogP contribution in [0.3, 0.4) is 0 Å². The molecule has 0 bridgehead atoms. The van der Waals surface area contributed by atoms with Gasteiger partial charge in [-0.1, -0.05) is 29.8 Å². The van der Waals surface area contributed by atoms with E-state index in [0.29, 0.717) is 43.6 Å². The molecular weight excluding hydrogens is 426 g/mol. The molecule has 30 heavy (non-hydrogen) atoms. The summed E-state index contributed by atoms with van der Waals surface area (Å²) in [7, 11) is -1.77. The molecule has 7 nitrogen and oxygen atoms in total. The van der Waals surface area contributed by atoms with Gasteiger partial charge in [0.25, 0.3) is 0 Å². The number of likely N-dealkylation sites (N-methyl/N-ethyl adjacent to an activating group) is 1. The average molecular weight is 452 g/mol. The van der Waals surface area contributed by atoms with E-state index in [0.717, 1.165) is 5.56 Å². The molecule has 0 radical (unpaired) electrons. The maximum atomic E-state index is 12.8. The van der Waals surface area contributed by atoms with E-state index in [9.17, 15) is 13.2 Å². The highest BCUT2D eigenvalue weighted by Crippen LogP contribution is 2.21. The van der Waals surface area contributed by atoms with Gasteiger partial charge in [0, 0.05) is 30.3 Å². The quantitative estimate of drug-likeness (QED) is 0.700. The van der Waals surface area contributed by atoms with Gasteiger partial charge in [-0.2, -0.15) is 4.31 Å². The van der Waals surface area contributed by atoms with E-state index >= 15 is 0 Å². The highest BCUT2D eigenvalue weighted by Gasteiger charge is 2.27. The number of rotatable bonds is 7. The minimum absolute atomic E-state index is 0.155. The van der Waals surface area contributed by atoms with E-state index in [1.165, 1.54) is 16.4 Å². The maximum Gasteiger partial charge on any atom is 0.243 e. The Kier molecular flexibility index (Phi) is 7.49. The molecule has 0 aliphatic carbocycles. The molecule has 1 aliphatic heterocycles. The lowest BCUT2D eigenvalue weighted by atomic mass is 10.2. The summed E-state index contributed by atoms with van der Waals surface area (Å²) in [6.45, 7) is 3.77. The topological polar surface area (TPSA) is 79.0 Å². The van der Waals surface area contributed by atoms with Gasteiger partial charge < -0.3 is 10.1 Å². The van der Waals surface area contributed by atoms with E-state index in [1.807, 2.05) is 30.1 Å². The van der Waals surface area contributed by atoms with Crippen LogP contribution in [0.25, 0.3) is 0 Å². The van der Waals surface area contributed by atoms with Gasteiger partial charge in [-0.15, -0.1) is 0 Å². The number of amides is 1. The van der Waals surface area contributed by atoms with Crippen LogP contribution in [0.2, 0.25) is 5.02 Å². The van der Waals surface area contributed by atoms with Crippen LogP contribution in [-0.4, -0.2) is 62.9 Å². The third-order valence-electron chi connectivity index (χ3n) is 5.07. The van der Waals surface area contributed by atoms with Crippen molar-refractivity contribution in [2.24, 2.45) is 0 Å². The third-order valence-corrected chi connectivity index (χ3v) is 7.20. The van der Waals surface area contributed by atoms with Crippen molar-refractivity contribution in [1.82, 2.24) is 9.21 Å². The molecule has 1 heterocycles. The number of nitrogens with one attached hydrogen (secondary N) is 1. The zero-order valence-electron chi connectivity index (χ0n) is 17.0. The van der Waals surface area contributed by atoms with Crippen LogP contribution < -0.4 is 5.32 Å². The van der Waals surface area contributed by atoms with E-state index in [2.05, 4.69) is 5.32 Å². The number of benzene rings is 2. The first-order valence-corrected chi connectivity index (χ1v) is 11.5. The molecule has 1 N–H and O–H groups in total. The first-order valence-electron chi connectivity index (χ1n) is 9.71. The molecule has 1 aliphatic rings. The van der Waals surface area contributed by atoms with Crippen LogP contribution in [0, 0.1) is 0 Å². The molecule has 0 spiro atoms. The predicted molar refractivity (Wildman–Crippen MR) is 117 cm³/mol. The molecule has 1 amide bonds. The Morgan fingerprint density at radius 3 is 2.60 bits per heavy atom. The van der Waals surface area contributed by atoms with Crippen LogP contribution >= 0.6 is 11.6 Å². The fraction of sp³-hybridized carbons (Fsp3) is 0.381. The number of hydrogen-bond acceptors (Lipinski definition) is 5. The molecule has 0 saturated carbocycles. The van der Waals surface area contributed by atoms with Crippen molar-refractivity contribution in [3.05, 3.63) is 59.1 Å².